The summed E-state index contributed by atoms with van der Waals surface area (Å²) in [4.78, 5) is 0.109. The minimum atomic E-state index is -3.76. The summed E-state index contributed by atoms with van der Waals surface area (Å²) in [5.74, 6) is 0.660. The van der Waals surface area contributed by atoms with Gasteiger partial charge in [0.1, 0.15) is 28.3 Å². The molecule has 0 amide bonds. The average molecular weight is 397 g/mol. The van der Waals surface area contributed by atoms with Gasteiger partial charge in [0.05, 0.1) is 11.7 Å². The lowest BCUT2D eigenvalue weighted by Crippen LogP contribution is -2.13. The summed E-state index contributed by atoms with van der Waals surface area (Å²) >= 11 is 0.986. The maximum absolute atomic E-state index is 12.7. The van der Waals surface area contributed by atoms with Gasteiger partial charge in [-0.25, -0.2) is 8.42 Å². The summed E-state index contributed by atoms with van der Waals surface area (Å²) in [5, 5.41) is 0. The Labute approximate surface area is 160 Å². The quantitative estimate of drug-likeness (QED) is 0.530. The van der Waals surface area contributed by atoms with Gasteiger partial charge in [-0.15, -0.1) is 0 Å². The summed E-state index contributed by atoms with van der Waals surface area (Å²) in [6.07, 6.45) is 0. The van der Waals surface area contributed by atoms with Gasteiger partial charge in [0, 0.05) is 5.69 Å². The second-order valence-electron chi connectivity index (χ2n) is 5.79. The van der Waals surface area contributed by atoms with Crippen LogP contribution in [0.1, 0.15) is 5.56 Å². The highest BCUT2D eigenvalue weighted by molar-refractivity contribution is 7.93. The van der Waals surface area contributed by atoms with Crippen molar-refractivity contribution in [3.8, 4) is 5.75 Å². The van der Waals surface area contributed by atoms with Crippen molar-refractivity contribution in [3.05, 3.63) is 78.4 Å². The van der Waals surface area contributed by atoms with Crippen LogP contribution in [0.2, 0.25) is 0 Å². The van der Waals surface area contributed by atoms with E-state index in [0.29, 0.717) is 29.1 Å². The first kappa shape index (κ1) is 17.4. The molecule has 4 aromatic rings. The Bertz CT molecular complexity index is 1160. The van der Waals surface area contributed by atoms with E-state index in [2.05, 4.69) is 13.5 Å². The van der Waals surface area contributed by atoms with Gasteiger partial charge in [-0.05, 0) is 42.0 Å². The van der Waals surface area contributed by atoms with Crippen molar-refractivity contribution < 1.29 is 13.2 Å². The Morgan fingerprint density at radius 1 is 0.889 bits per heavy atom. The number of hydrogen-bond acceptors (Lipinski definition) is 6. The Balaban J connectivity index is 1.48. The summed E-state index contributed by atoms with van der Waals surface area (Å²) < 4.78 is 41.9. The van der Waals surface area contributed by atoms with Gasteiger partial charge in [0.2, 0.25) is 0 Å². The SMILES string of the molecule is O=S(=O)(Nc1ccc(OCc2ccccc2)cc1)c1cccc2nsnc12. The largest absolute Gasteiger partial charge is 0.489 e. The highest BCUT2D eigenvalue weighted by atomic mass is 32.2. The number of sulfonamides is 1. The fraction of sp³-hybridized carbons (Fsp3) is 0.0526. The highest BCUT2D eigenvalue weighted by Gasteiger charge is 2.19. The van der Waals surface area contributed by atoms with Crippen molar-refractivity contribution in [3.63, 3.8) is 0 Å². The number of hydrogen-bond donors (Lipinski definition) is 1. The second-order valence-corrected chi connectivity index (χ2v) is 7.97. The Morgan fingerprint density at radius 3 is 2.44 bits per heavy atom. The number of aromatic nitrogens is 2. The molecule has 3 aromatic carbocycles. The monoisotopic (exact) mass is 397 g/mol. The van der Waals surface area contributed by atoms with E-state index in [1.807, 2.05) is 30.3 Å². The molecule has 0 atom stereocenters. The normalized spacial score (nSPS) is 11.4. The van der Waals surface area contributed by atoms with Crippen molar-refractivity contribution in [2.75, 3.05) is 4.72 Å². The molecule has 0 aliphatic carbocycles. The minimum Gasteiger partial charge on any atom is -0.489 e. The van der Waals surface area contributed by atoms with Crippen LogP contribution in [-0.4, -0.2) is 17.2 Å². The lowest BCUT2D eigenvalue weighted by molar-refractivity contribution is 0.306. The van der Waals surface area contributed by atoms with Gasteiger partial charge in [-0.2, -0.15) is 8.75 Å². The summed E-state index contributed by atoms with van der Waals surface area (Å²) in [6.45, 7) is 0.449. The van der Waals surface area contributed by atoms with Crippen LogP contribution in [0.3, 0.4) is 0 Å². The summed E-state index contributed by atoms with van der Waals surface area (Å²) in [6, 6.07) is 21.5. The minimum absolute atomic E-state index is 0.109. The van der Waals surface area contributed by atoms with Crippen LogP contribution in [0.5, 0.6) is 5.75 Å². The molecule has 4 rings (SSSR count). The molecule has 1 N–H and O–H groups in total. The summed E-state index contributed by atoms with van der Waals surface area (Å²) in [5.41, 5.74) is 2.44. The Morgan fingerprint density at radius 2 is 1.67 bits per heavy atom. The first-order valence-corrected chi connectivity index (χ1v) is 10.3. The van der Waals surface area contributed by atoms with Gasteiger partial charge in [-0.1, -0.05) is 36.4 Å². The average Bonchev–Trinajstić information content (AvgIpc) is 3.17. The predicted octanol–water partition coefficient (Wildman–Crippen LogP) is 4.07. The van der Waals surface area contributed by atoms with Crippen molar-refractivity contribution in [1.82, 2.24) is 8.75 Å². The molecule has 0 saturated carbocycles. The van der Waals surface area contributed by atoms with Crippen LogP contribution < -0.4 is 9.46 Å². The molecule has 0 spiro atoms. The molecule has 0 bridgehead atoms. The van der Waals surface area contributed by atoms with E-state index in [4.69, 9.17) is 4.74 Å². The van der Waals surface area contributed by atoms with Gasteiger partial charge in [-0.3, -0.25) is 4.72 Å². The molecule has 0 aliphatic heterocycles. The van der Waals surface area contributed by atoms with Crippen LogP contribution in [0, 0.1) is 0 Å². The van der Waals surface area contributed by atoms with Crippen LogP contribution in [0.25, 0.3) is 11.0 Å². The predicted molar refractivity (Wildman–Crippen MR) is 105 cm³/mol. The maximum Gasteiger partial charge on any atom is 0.264 e. The number of nitrogens with one attached hydrogen (secondary N) is 1. The van der Waals surface area contributed by atoms with E-state index in [1.54, 1.807) is 36.4 Å². The van der Waals surface area contributed by atoms with E-state index in [9.17, 15) is 8.42 Å². The highest BCUT2D eigenvalue weighted by Crippen LogP contribution is 2.24. The van der Waals surface area contributed by atoms with Crippen molar-refractivity contribution >= 4 is 38.5 Å². The molecule has 0 radical (unpaired) electrons. The zero-order valence-electron chi connectivity index (χ0n) is 14.1. The smallest absolute Gasteiger partial charge is 0.264 e. The maximum atomic E-state index is 12.7. The fourth-order valence-electron chi connectivity index (χ4n) is 2.57. The third kappa shape index (κ3) is 3.91. The van der Waals surface area contributed by atoms with Crippen LogP contribution in [-0.2, 0) is 16.6 Å². The fourth-order valence-corrected chi connectivity index (χ4v) is 4.39. The molecule has 1 heterocycles. The molecule has 136 valence electrons. The van der Waals surface area contributed by atoms with Gasteiger partial charge < -0.3 is 4.74 Å². The van der Waals surface area contributed by atoms with Crippen LogP contribution in [0.15, 0.2) is 77.7 Å². The summed E-state index contributed by atoms with van der Waals surface area (Å²) in [7, 11) is -3.76. The number of rotatable bonds is 6. The van der Waals surface area contributed by atoms with Crippen molar-refractivity contribution in [2.24, 2.45) is 0 Å². The molecule has 6 nitrogen and oxygen atoms in total. The number of benzene rings is 3. The third-order valence-electron chi connectivity index (χ3n) is 3.89. The molecular weight excluding hydrogens is 382 g/mol. The number of ether oxygens (including phenoxy) is 1. The molecular formula is C19H15N3O3S2. The standard InChI is InChI=1S/C19H15N3O3S2/c23-27(24,18-8-4-7-17-19(18)21-26-20-17)22-15-9-11-16(12-10-15)25-13-14-5-2-1-3-6-14/h1-12,22H,13H2. The van der Waals surface area contributed by atoms with E-state index < -0.39 is 10.0 Å². The van der Waals surface area contributed by atoms with Crippen LogP contribution >= 0.6 is 11.7 Å². The van der Waals surface area contributed by atoms with Gasteiger partial charge in [0.25, 0.3) is 10.0 Å². The van der Waals surface area contributed by atoms with Crippen molar-refractivity contribution in [2.45, 2.75) is 11.5 Å². The third-order valence-corrected chi connectivity index (χ3v) is 5.85. The van der Waals surface area contributed by atoms with E-state index in [0.717, 1.165) is 17.3 Å². The second kappa shape index (κ2) is 7.34. The van der Waals surface area contributed by atoms with E-state index in [1.165, 1.54) is 6.07 Å². The molecule has 1 aromatic heterocycles. The topological polar surface area (TPSA) is 81.2 Å². The van der Waals surface area contributed by atoms with Gasteiger partial charge >= 0.3 is 0 Å². The zero-order valence-corrected chi connectivity index (χ0v) is 15.7. The zero-order chi connectivity index (χ0) is 18.7. The number of anilines is 1. The molecule has 0 fully saturated rings. The Hall–Kier alpha value is -2.97. The number of fused-ring (bicyclic) bond motifs is 1. The first-order chi connectivity index (χ1) is 13.1. The molecule has 0 saturated heterocycles. The van der Waals surface area contributed by atoms with E-state index in [-0.39, 0.29) is 4.90 Å². The molecule has 0 aliphatic rings. The number of nitrogens with zero attached hydrogens (tertiary/aromatic N) is 2. The molecule has 8 heteroatoms. The van der Waals surface area contributed by atoms with E-state index >= 15 is 0 Å². The molecule has 0 unspecified atom stereocenters. The molecule has 27 heavy (non-hydrogen) atoms. The lowest BCUT2D eigenvalue weighted by Gasteiger charge is -2.10. The van der Waals surface area contributed by atoms with Crippen LogP contribution in [0.4, 0.5) is 5.69 Å². The van der Waals surface area contributed by atoms with Gasteiger partial charge in [0.15, 0.2) is 0 Å². The van der Waals surface area contributed by atoms with Crippen molar-refractivity contribution in [1.29, 1.82) is 0 Å². The Kier molecular flexibility index (Phi) is 4.74. The lowest BCUT2D eigenvalue weighted by atomic mass is 10.2. The first-order valence-electron chi connectivity index (χ1n) is 8.13.